The summed E-state index contributed by atoms with van der Waals surface area (Å²) in [6, 6.07) is 14.3. The van der Waals surface area contributed by atoms with E-state index in [1.165, 1.54) is 5.56 Å². The molecule has 132 valence electrons. The molecule has 0 fully saturated rings. The lowest BCUT2D eigenvalue weighted by Crippen LogP contribution is -2.49. The van der Waals surface area contributed by atoms with Crippen molar-refractivity contribution in [3.8, 4) is 5.75 Å². The Morgan fingerprint density at radius 2 is 1.92 bits per heavy atom. The van der Waals surface area contributed by atoms with Crippen LogP contribution in [0.5, 0.6) is 5.75 Å². The van der Waals surface area contributed by atoms with Crippen LogP contribution in [0.25, 0.3) is 0 Å². The predicted octanol–water partition coefficient (Wildman–Crippen LogP) is 1.86. The van der Waals surface area contributed by atoms with Gasteiger partial charge < -0.3 is 20.4 Å². The number of carbonyl (C=O) groups is 1. The lowest BCUT2D eigenvalue weighted by Gasteiger charge is -2.28. The van der Waals surface area contributed by atoms with Gasteiger partial charge in [-0.15, -0.1) is 0 Å². The Hall–Kier alpha value is -2.53. The predicted molar refractivity (Wildman–Crippen MR) is 97.8 cm³/mol. The van der Waals surface area contributed by atoms with Crippen molar-refractivity contribution < 1.29 is 15.0 Å². The Labute approximate surface area is 147 Å². The molecule has 0 radical (unpaired) electrons. The highest BCUT2D eigenvalue weighted by Gasteiger charge is 2.28. The summed E-state index contributed by atoms with van der Waals surface area (Å²) in [5, 5.41) is 21.9. The van der Waals surface area contributed by atoms with Crippen LogP contribution in [0.2, 0.25) is 0 Å². The number of para-hydroxylation sites is 1. The van der Waals surface area contributed by atoms with Crippen molar-refractivity contribution in [1.82, 2.24) is 5.32 Å². The maximum Gasteiger partial charge on any atom is 0.242 e. The Balaban J connectivity index is 1.63. The number of fused-ring (bicyclic) bond motifs is 1. The van der Waals surface area contributed by atoms with E-state index in [1.807, 2.05) is 25.1 Å². The largest absolute Gasteiger partial charge is 0.508 e. The fourth-order valence-corrected chi connectivity index (χ4v) is 3.31. The molecule has 2 aromatic carbocycles. The lowest BCUT2D eigenvalue weighted by atomic mass is 10.1. The smallest absolute Gasteiger partial charge is 0.242 e. The van der Waals surface area contributed by atoms with Gasteiger partial charge in [0.2, 0.25) is 5.91 Å². The summed E-state index contributed by atoms with van der Waals surface area (Å²) in [6.45, 7) is 2.60. The zero-order chi connectivity index (χ0) is 17.8. The second kappa shape index (κ2) is 7.57. The monoisotopic (exact) mass is 340 g/mol. The molecule has 0 bridgehead atoms. The topological polar surface area (TPSA) is 72.8 Å². The molecule has 0 unspecified atom stereocenters. The highest BCUT2D eigenvalue weighted by Crippen LogP contribution is 2.29. The minimum absolute atomic E-state index is 0.0884. The molecule has 2 aromatic rings. The number of phenols is 1. The molecule has 2 atom stereocenters. The maximum atomic E-state index is 12.6. The van der Waals surface area contributed by atoms with Crippen molar-refractivity contribution in [2.24, 2.45) is 0 Å². The molecule has 1 aliphatic heterocycles. The van der Waals surface area contributed by atoms with E-state index in [2.05, 4.69) is 16.3 Å². The zero-order valence-corrected chi connectivity index (χ0v) is 14.4. The van der Waals surface area contributed by atoms with Gasteiger partial charge in [0.15, 0.2) is 0 Å². The fraction of sp³-hybridized carbons (Fsp3) is 0.350. The quantitative estimate of drug-likeness (QED) is 0.751. The summed E-state index contributed by atoms with van der Waals surface area (Å²) in [5.74, 6) is 0.115. The second-order valence-electron chi connectivity index (χ2n) is 6.51. The molecule has 0 aliphatic carbocycles. The lowest BCUT2D eigenvalue weighted by molar-refractivity contribution is -0.123. The molecule has 25 heavy (non-hydrogen) atoms. The number of benzene rings is 2. The van der Waals surface area contributed by atoms with Gasteiger partial charge in [0.25, 0.3) is 0 Å². The van der Waals surface area contributed by atoms with Crippen LogP contribution in [0, 0.1) is 0 Å². The van der Waals surface area contributed by atoms with Gasteiger partial charge in [0.05, 0.1) is 12.6 Å². The van der Waals surface area contributed by atoms with Crippen molar-refractivity contribution in [2.75, 3.05) is 18.1 Å². The number of hydrogen-bond acceptors (Lipinski definition) is 4. The zero-order valence-electron chi connectivity index (χ0n) is 14.4. The molecule has 0 spiro atoms. The van der Waals surface area contributed by atoms with Gasteiger partial charge >= 0.3 is 0 Å². The first-order valence-corrected chi connectivity index (χ1v) is 8.62. The number of hydrogen-bond donors (Lipinski definition) is 3. The van der Waals surface area contributed by atoms with Crippen LogP contribution in [0.3, 0.4) is 0 Å². The molecule has 1 heterocycles. The molecule has 5 heteroatoms. The van der Waals surface area contributed by atoms with Crippen molar-refractivity contribution >= 4 is 11.6 Å². The Morgan fingerprint density at radius 3 is 2.64 bits per heavy atom. The third-order valence-electron chi connectivity index (χ3n) is 4.76. The molecule has 5 nitrogen and oxygen atoms in total. The first-order valence-electron chi connectivity index (χ1n) is 8.62. The van der Waals surface area contributed by atoms with Crippen LogP contribution in [-0.4, -0.2) is 41.4 Å². The SMILES string of the molecule is C[C@@H](C(=O)N[C@H](CO)Cc1ccc(O)cc1)N1CCc2ccccc21. The third kappa shape index (κ3) is 3.94. The van der Waals surface area contributed by atoms with E-state index in [9.17, 15) is 15.0 Å². The van der Waals surface area contributed by atoms with Gasteiger partial charge in [-0.25, -0.2) is 0 Å². The van der Waals surface area contributed by atoms with Crippen molar-refractivity contribution in [3.05, 3.63) is 59.7 Å². The maximum absolute atomic E-state index is 12.6. The highest BCUT2D eigenvalue weighted by molar-refractivity contribution is 5.86. The fourth-order valence-electron chi connectivity index (χ4n) is 3.31. The standard InChI is InChI=1S/C20H24N2O3/c1-14(22-11-10-16-4-2-3-5-19(16)22)20(25)21-17(13-23)12-15-6-8-18(24)9-7-15/h2-9,14,17,23-24H,10-13H2,1H3,(H,21,25)/t14-,17-/m0/s1. The number of carbonyl (C=O) groups excluding carboxylic acids is 1. The Morgan fingerprint density at radius 1 is 1.20 bits per heavy atom. The normalized spacial score (nSPS) is 15.5. The molecule has 0 saturated carbocycles. The number of aromatic hydroxyl groups is 1. The summed E-state index contributed by atoms with van der Waals surface area (Å²) < 4.78 is 0. The molecule has 0 aromatic heterocycles. The first-order chi connectivity index (χ1) is 12.1. The minimum Gasteiger partial charge on any atom is -0.508 e. The van der Waals surface area contributed by atoms with Gasteiger partial charge in [-0.2, -0.15) is 0 Å². The van der Waals surface area contributed by atoms with Crippen molar-refractivity contribution in [1.29, 1.82) is 0 Å². The van der Waals surface area contributed by atoms with Crippen molar-refractivity contribution in [3.63, 3.8) is 0 Å². The number of amides is 1. The van der Waals surface area contributed by atoms with E-state index in [-0.39, 0.29) is 30.3 Å². The molecular weight excluding hydrogens is 316 g/mol. The van der Waals surface area contributed by atoms with Crippen LogP contribution >= 0.6 is 0 Å². The van der Waals surface area contributed by atoms with Crippen LogP contribution < -0.4 is 10.2 Å². The van der Waals surface area contributed by atoms with Gasteiger partial charge in [0, 0.05) is 12.2 Å². The highest BCUT2D eigenvalue weighted by atomic mass is 16.3. The number of aliphatic hydroxyl groups excluding tert-OH is 1. The number of nitrogens with one attached hydrogen (secondary N) is 1. The average molecular weight is 340 g/mol. The number of nitrogens with zero attached hydrogens (tertiary/aromatic N) is 1. The summed E-state index contributed by atoms with van der Waals surface area (Å²) in [4.78, 5) is 14.8. The molecule has 3 N–H and O–H groups in total. The first kappa shape index (κ1) is 17.3. The number of phenolic OH excluding ortho intramolecular Hbond substituents is 1. The third-order valence-corrected chi connectivity index (χ3v) is 4.76. The van der Waals surface area contributed by atoms with Crippen molar-refractivity contribution in [2.45, 2.75) is 31.8 Å². The molecule has 1 amide bonds. The van der Waals surface area contributed by atoms with E-state index < -0.39 is 0 Å². The molecular formula is C20H24N2O3. The summed E-state index contributed by atoms with van der Waals surface area (Å²) in [6.07, 6.45) is 1.47. The molecule has 3 rings (SSSR count). The minimum atomic E-state index is -0.350. The average Bonchev–Trinajstić information content (AvgIpc) is 3.06. The van der Waals surface area contributed by atoms with E-state index in [0.717, 1.165) is 24.2 Å². The van der Waals surface area contributed by atoms with Crippen LogP contribution in [0.1, 0.15) is 18.1 Å². The molecule has 0 saturated heterocycles. The van der Waals surface area contributed by atoms with Crippen LogP contribution in [0.4, 0.5) is 5.69 Å². The van der Waals surface area contributed by atoms with E-state index in [4.69, 9.17) is 0 Å². The van der Waals surface area contributed by atoms with Gasteiger partial charge in [-0.1, -0.05) is 30.3 Å². The van der Waals surface area contributed by atoms with Gasteiger partial charge in [-0.05, 0) is 49.1 Å². The summed E-state index contributed by atoms with van der Waals surface area (Å²) >= 11 is 0. The van der Waals surface area contributed by atoms with Crippen LogP contribution in [-0.2, 0) is 17.6 Å². The van der Waals surface area contributed by atoms with Gasteiger partial charge in [0.1, 0.15) is 11.8 Å². The Kier molecular flexibility index (Phi) is 5.24. The number of rotatable bonds is 6. The second-order valence-corrected chi connectivity index (χ2v) is 6.51. The van der Waals surface area contributed by atoms with E-state index in [1.54, 1.807) is 24.3 Å². The van der Waals surface area contributed by atoms with Crippen LogP contribution in [0.15, 0.2) is 48.5 Å². The summed E-state index contributed by atoms with van der Waals surface area (Å²) in [7, 11) is 0. The van der Waals surface area contributed by atoms with E-state index in [0.29, 0.717) is 6.42 Å². The number of anilines is 1. The summed E-state index contributed by atoms with van der Waals surface area (Å²) in [5.41, 5.74) is 3.34. The van der Waals surface area contributed by atoms with E-state index >= 15 is 0 Å². The Bertz CT molecular complexity index is 730. The molecule has 1 aliphatic rings. The number of aliphatic hydroxyl groups is 1. The van der Waals surface area contributed by atoms with Gasteiger partial charge in [-0.3, -0.25) is 4.79 Å².